The van der Waals surface area contributed by atoms with E-state index in [1.54, 1.807) is 0 Å². The highest BCUT2D eigenvalue weighted by molar-refractivity contribution is 5.76. The summed E-state index contributed by atoms with van der Waals surface area (Å²) in [6.45, 7) is 2.12. The maximum Gasteiger partial charge on any atom is 0.308 e. The van der Waals surface area contributed by atoms with Crippen molar-refractivity contribution < 1.29 is 9.53 Å². The van der Waals surface area contributed by atoms with Crippen molar-refractivity contribution in [2.24, 2.45) is 5.92 Å². The molecule has 1 aromatic heterocycles. The Morgan fingerprint density at radius 3 is 2.40 bits per heavy atom. The SMILES string of the molecule is COC(=O)[C@H]1CC[C@@H](Nc2nc3ccccc3n(C3CCN(C4CCCCCCC4)CC3)c2=O)C1. The van der Waals surface area contributed by atoms with Gasteiger partial charge in [0, 0.05) is 31.2 Å². The van der Waals surface area contributed by atoms with Crippen molar-refractivity contribution in [2.45, 2.75) is 95.2 Å². The lowest BCUT2D eigenvalue weighted by atomic mass is 9.93. The molecule has 7 nitrogen and oxygen atoms in total. The Morgan fingerprint density at radius 1 is 0.943 bits per heavy atom. The molecule has 1 aromatic carbocycles. The smallest absolute Gasteiger partial charge is 0.308 e. The molecule has 2 aliphatic carbocycles. The maximum absolute atomic E-state index is 13.7. The molecule has 1 N–H and O–H groups in total. The van der Waals surface area contributed by atoms with Crippen molar-refractivity contribution in [3.8, 4) is 0 Å². The van der Waals surface area contributed by atoms with Crippen LogP contribution in [0.4, 0.5) is 5.82 Å². The van der Waals surface area contributed by atoms with Crippen molar-refractivity contribution in [1.29, 1.82) is 0 Å². The van der Waals surface area contributed by atoms with Gasteiger partial charge in [0.15, 0.2) is 5.82 Å². The number of piperidine rings is 1. The minimum Gasteiger partial charge on any atom is -0.469 e. The Bertz CT molecular complexity index is 1070. The predicted octanol–water partition coefficient (Wildman–Crippen LogP) is 4.90. The summed E-state index contributed by atoms with van der Waals surface area (Å²) < 4.78 is 6.93. The van der Waals surface area contributed by atoms with Gasteiger partial charge in [-0.25, -0.2) is 4.98 Å². The number of ether oxygens (including phenoxy) is 1. The number of hydrogen-bond acceptors (Lipinski definition) is 6. The van der Waals surface area contributed by atoms with Crippen LogP contribution >= 0.6 is 0 Å². The Balaban J connectivity index is 1.34. The average molecular weight is 481 g/mol. The number of para-hydroxylation sites is 2. The van der Waals surface area contributed by atoms with Gasteiger partial charge in [-0.05, 0) is 57.1 Å². The molecule has 0 amide bonds. The van der Waals surface area contributed by atoms with Crippen LogP contribution < -0.4 is 10.9 Å². The van der Waals surface area contributed by atoms with Crippen LogP contribution in [-0.4, -0.2) is 52.7 Å². The second-order valence-electron chi connectivity index (χ2n) is 10.8. The number of carbonyl (C=O) groups excluding carboxylic acids is 1. The molecule has 2 atom stereocenters. The summed E-state index contributed by atoms with van der Waals surface area (Å²) in [7, 11) is 1.44. The van der Waals surface area contributed by atoms with E-state index >= 15 is 0 Å². The molecule has 0 spiro atoms. The molecule has 0 bridgehead atoms. The first kappa shape index (κ1) is 24.3. The standard InChI is InChI=1S/C28H40N4O3/c1-35-28(34)20-13-14-21(19-20)29-26-27(33)32(25-12-8-7-11-24(25)30-26)23-15-17-31(18-16-23)22-9-5-3-2-4-6-10-22/h7-8,11-12,20-23H,2-6,9-10,13-19H2,1H3,(H,29,30)/t20-,21+/m0/s1. The van der Waals surface area contributed by atoms with E-state index in [1.165, 1.54) is 52.1 Å². The van der Waals surface area contributed by atoms with Crippen LogP contribution in [0.25, 0.3) is 11.0 Å². The van der Waals surface area contributed by atoms with Gasteiger partial charge in [-0.15, -0.1) is 0 Å². The molecule has 1 aliphatic heterocycles. The fourth-order valence-electron chi connectivity index (χ4n) is 6.61. The number of esters is 1. The van der Waals surface area contributed by atoms with E-state index in [4.69, 9.17) is 9.72 Å². The molecule has 0 unspecified atom stereocenters. The van der Waals surface area contributed by atoms with Crippen molar-refractivity contribution >= 4 is 22.8 Å². The lowest BCUT2D eigenvalue weighted by Crippen LogP contribution is -2.43. The van der Waals surface area contributed by atoms with Gasteiger partial charge in [-0.2, -0.15) is 0 Å². The molecule has 5 rings (SSSR count). The van der Waals surface area contributed by atoms with Crippen LogP contribution in [0, 0.1) is 5.92 Å². The fraction of sp³-hybridized carbons (Fsp3) is 0.679. The van der Waals surface area contributed by atoms with Gasteiger partial charge in [-0.1, -0.05) is 44.2 Å². The molecular formula is C28H40N4O3. The van der Waals surface area contributed by atoms with Crippen LogP contribution in [0.1, 0.15) is 83.1 Å². The zero-order valence-electron chi connectivity index (χ0n) is 21.1. The van der Waals surface area contributed by atoms with Gasteiger partial charge in [0.2, 0.25) is 0 Å². The van der Waals surface area contributed by atoms with E-state index in [1.807, 2.05) is 28.8 Å². The molecule has 1 saturated heterocycles. The average Bonchev–Trinajstić information content (AvgIpc) is 3.33. The lowest BCUT2D eigenvalue weighted by molar-refractivity contribution is -0.145. The van der Waals surface area contributed by atoms with E-state index in [0.717, 1.165) is 49.8 Å². The molecule has 3 aliphatic rings. The second-order valence-corrected chi connectivity index (χ2v) is 10.8. The van der Waals surface area contributed by atoms with Gasteiger partial charge in [0.05, 0.1) is 24.1 Å². The predicted molar refractivity (Wildman–Crippen MR) is 139 cm³/mol. The van der Waals surface area contributed by atoms with Gasteiger partial charge >= 0.3 is 5.97 Å². The van der Waals surface area contributed by atoms with Crippen LogP contribution in [0.2, 0.25) is 0 Å². The Morgan fingerprint density at radius 2 is 1.66 bits per heavy atom. The summed E-state index contributed by atoms with van der Waals surface area (Å²) in [5.74, 6) is 0.161. The van der Waals surface area contributed by atoms with Crippen molar-refractivity contribution in [3.63, 3.8) is 0 Å². The number of carbonyl (C=O) groups is 1. The Kier molecular flexibility index (Phi) is 7.71. The van der Waals surface area contributed by atoms with Crippen LogP contribution in [0.5, 0.6) is 0 Å². The summed E-state index contributed by atoms with van der Waals surface area (Å²) in [5, 5.41) is 3.40. The number of hydrogen-bond donors (Lipinski definition) is 1. The molecular weight excluding hydrogens is 440 g/mol. The Hall–Kier alpha value is -2.41. The number of anilines is 1. The monoisotopic (exact) mass is 480 g/mol. The number of nitrogens with zero attached hydrogens (tertiary/aromatic N) is 3. The molecule has 7 heteroatoms. The number of benzene rings is 1. The number of methoxy groups -OCH3 is 1. The molecule has 2 heterocycles. The zero-order chi connectivity index (χ0) is 24.2. The molecule has 2 saturated carbocycles. The highest BCUT2D eigenvalue weighted by atomic mass is 16.5. The van der Waals surface area contributed by atoms with Crippen molar-refractivity contribution in [1.82, 2.24) is 14.5 Å². The molecule has 3 fully saturated rings. The second kappa shape index (κ2) is 11.1. The maximum atomic E-state index is 13.7. The number of nitrogens with one attached hydrogen (secondary N) is 1. The van der Waals surface area contributed by atoms with E-state index < -0.39 is 0 Å². The van der Waals surface area contributed by atoms with E-state index in [-0.39, 0.29) is 29.5 Å². The molecule has 0 radical (unpaired) electrons. The third-order valence-corrected chi connectivity index (χ3v) is 8.56. The van der Waals surface area contributed by atoms with Crippen LogP contribution in [-0.2, 0) is 9.53 Å². The minimum atomic E-state index is -0.158. The highest BCUT2D eigenvalue weighted by Gasteiger charge is 2.32. The summed E-state index contributed by atoms with van der Waals surface area (Å²) in [5.41, 5.74) is 1.74. The summed E-state index contributed by atoms with van der Waals surface area (Å²) in [6, 6.07) is 8.96. The lowest BCUT2D eigenvalue weighted by Gasteiger charge is -2.39. The number of rotatable bonds is 5. The quantitative estimate of drug-likeness (QED) is 0.614. The third kappa shape index (κ3) is 5.40. The first-order valence-corrected chi connectivity index (χ1v) is 13.7. The number of fused-ring (bicyclic) bond motifs is 1. The molecule has 35 heavy (non-hydrogen) atoms. The van der Waals surface area contributed by atoms with E-state index in [2.05, 4.69) is 10.2 Å². The zero-order valence-corrected chi connectivity index (χ0v) is 21.1. The van der Waals surface area contributed by atoms with Crippen LogP contribution in [0.15, 0.2) is 29.1 Å². The fourth-order valence-corrected chi connectivity index (χ4v) is 6.61. The first-order chi connectivity index (χ1) is 17.1. The van der Waals surface area contributed by atoms with Gasteiger partial charge < -0.3 is 19.5 Å². The first-order valence-electron chi connectivity index (χ1n) is 13.7. The van der Waals surface area contributed by atoms with Gasteiger partial charge in [-0.3, -0.25) is 9.59 Å². The highest BCUT2D eigenvalue weighted by Crippen LogP contribution is 2.31. The van der Waals surface area contributed by atoms with Crippen LogP contribution in [0.3, 0.4) is 0 Å². The normalized spacial score (nSPS) is 25.3. The van der Waals surface area contributed by atoms with Gasteiger partial charge in [0.25, 0.3) is 5.56 Å². The summed E-state index contributed by atoms with van der Waals surface area (Å²) >= 11 is 0. The van der Waals surface area contributed by atoms with Crippen molar-refractivity contribution in [2.75, 3.05) is 25.5 Å². The van der Waals surface area contributed by atoms with E-state index in [9.17, 15) is 9.59 Å². The third-order valence-electron chi connectivity index (χ3n) is 8.56. The number of aromatic nitrogens is 2. The topological polar surface area (TPSA) is 76.5 Å². The number of likely N-dealkylation sites (tertiary alicyclic amines) is 1. The van der Waals surface area contributed by atoms with Gasteiger partial charge in [0.1, 0.15) is 0 Å². The Labute approximate surface area is 208 Å². The largest absolute Gasteiger partial charge is 0.469 e. The summed E-state index contributed by atoms with van der Waals surface area (Å²) in [6.07, 6.45) is 13.8. The summed E-state index contributed by atoms with van der Waals surface area (Å²) in [4.78, 5) is 33.1. The van der Waals surface area contributed by atoms with E-state index in [0.29, 0.717) is 18.3 Å². The molecule has 2 aromatic rings. The minimum absolute atomic E-state index is 0.0328. The molecule has 190 valence electrons. The van der Waals surface area contributed by atoms with Crippen molar-refractivity contribution in [3.05, 3.63) is 34.6 Å².